The molecule has 1 saturated heterocycles. The summed E-state index contributed by atoms with van der Waals surface area (Å²) in [5.74, 6) is 0.542. The summed E-state index contributed by atoms with van der Waals surface area (Å²) in [4.78, 5) is 15.1. The number of nitrogens with one attached hydrogen (secondary N) is 1. The molecule has 1 aliphatic rings. The van der Waals surface area contributed by atoms with Gasteiger partial charge in [-0.3, -0.25) is 9.10 Å². The van der Waals surface area contributed by atoms with Crippen molar-refractivity contribution < 1.29 is 13.2 Å². The van der Waals surface area contributed by atoms with Crippen LogP contribution in [0.25, 0.3) is 0 Å². The molecule has 7 heteroatoms. The Labute approximate surface area is 170 Å². The molecule has 0 saturated carbocycles. The van der Waals surface area contributed by atoms with E-state index in [1.54, 1.807) is 19.1 Å². The van der Waals surface area contributed by atoms with Gasteiger partial charge in [-0.2, -0.15) is 0 Å². The van der Waals surface area contributed by atoms with Crippen LogP contribution in [-0.4, -0.2) is 57.7 Å². The summed E-state index contributed by atoms with van der Waals surface area (Å²) in [6.45, 7) is 11.5. The molecule has 1 aromatic carbocycles. The Bertz CT molecular complexity index is 751. The van der Waals surface area contributed by atoms with Crippen molar-refractivity contribution in [3.63, 3.8) is 0 Å². The van der Waals surface area contributed by atoms with Gasteiger partial charge in [0, 0.05) is 6.54 Å². The van der Waals surface area contributed by atoms with Crippen molar-refractivity contribution in [2.75, 3.05) is 36.7 Å². The summed E-state index contributed by atoms with van der Waals surface area (Å²) in [6, 6.07) is 4.78. The molecule has 0 spiro atoms. The average molecular weight is 410 g/mol. The summed E-state index contributed by atoms with van der Waals surface area (Å²) in [6.07, 6.45) is 4.49. The molecule has 1 aliphatic heterocycles. The van der Waals surface area contributed by atoms with Crippen LogP contribution in [0.1, 0.15) is 44.2 Å². The Hall–Kier alpha value is -1.60. The predicted octanol–water partition coefficient (Wildman–Crippen LogP) is 2.70. The zero-order chi connectivity index (χ0) is 20.9. The van der Waals surface area contributed by atoms with Gasteiger partial charge in [0.2, 0.25) is 15.9 Å². The third-order valence-electron chi connectivity index (χ3n) is 5.38. The lowest BCUT2D eigenvalue weighted by molar-refractivity contribution is -0.121. The maximum absolute atomic E-state index is 12.6. The number of amides is 1. The highest BCUT2D eigenvalue weighted by atomic mass is 32.2. The van der Waals surface area contributed by atoms with E-state index in [0.717, 1.165) is 49.4 Å². The number of hydrogen-bond acceptors (Lipinski definition) is 4. The quantitative estimate of drug-likeness (QED) is 0.670. The first-order valence-electron chi connectivity index (χ1n) is 10.2. The van der Waals surface area contributed by atoms with Gasteiger partial charge in [0.05, 0.1) is 11.9 Å². The number of likely N-dealkylation sites (tertiary alicyclic amines) is 1. The molecule has 0 bridgehead atoms. The van der Waals surface area contributed by atoms with Crippen LogP contribution in [0.5, 0.6) is 0 Å². The third kappa shape index (κ3) is 6.48. The van der Waals surface area contributed by atoms with E-state index in [4.69, 9.17) is 0 Å². The number of nitrogens with zero attached hydrogens (tertiary/aromatic N) is 2. The molecule has 1 amide bonds. The minimum Gasteiger partial charge on any atom is -0.354 e. The van der Waals surface area contributed by atoms with Crippen molar-refractivity contribution in [1.29, 1.82) is 0 Å². The molecule has 0 aromatic heterocycles. The summed E-state index contributed by atoms with van der Waals surface area (Å²) in [7, 11) is -3.58. The van der Waals surface area contributed by atoms with Crippen LogP contribution in [0.4, 0.5) is 5.69 Å². The monoisotopic (exact) mass is 409 g/mol. The first-order valence-corrected chi connectivity index (χ1v) is 12.0. The van der Waals surface area contributed by atoms with Gasteiger partial charge in [0.1, 0.15) is 6.04 Å². The van der Waals surface area contributed by atoms with Gasteiger partial charge < -0.3 is 10.2 Å². The number of carbonyl (C=O) groups is 1. The molecule has 1 aromatic rings. The Morgan fingerprint density at radius 2 is 1.79 bits per heavy atom. The smallest absolute Gasteiger partial charge is 0.243 e. The van der Waals surface area contributed by atoms with E-state index in [9.17, 15) is 13.2 Å². The molecule has 28 heavy (non-hydrogen) atoms. The van der Waals surface area contributed by atoms with Gasteiger partial charge in [-0.05, 0) is 88.8 Å². The molecule has 0 aliphatic carbocycles. The van der Waals surface area contributed by atoms with E-state index in [2.05, 4.69) is 17.1 Å². The fraction of sp³-hybridized carbons (Fsp3) is 0.667. The van der Waals surface area contributed by atoms with Gasteiger partial charge in [-0.1, -0.05) is 13.0 Å². The van der Waals surface area contributed by atoms with Crippen LogP contribution in [0.15, 0.2) is 18.2 Å². The zero-order valence-corrected chi connectivity index (χ0v) is 18.7. The Morgan fingerprint density at radius 1 is 1.21 bits per heavy atom. The second-order valence-corrected chi connectivity index (χ2v) is 10.1. The van der Waals surface area contributed by atoms with Gasteiger partial charge in [-0.25, -0.2) is 8.42 Å². The van der Waals surface area contributed by atoms with Gasteiger partial charge in [0.15, 0.2) is 0 Å². The highest BCUT2D eigenvalue weighted by Crippen LogP contribution is 2.24. The van der Waals surface area contributed by atoms with Crippen molar-refractivity contribution >= 4 is 21.6 Å². The minimum absolute atomic E-state index is 0.267. The Morgan fingerprint density at radius 3 is 2.32 bits per heavy atom. The van der Waals surface area contributed by atoms with Crippen LogP contribution in [0, 0.1) is 19.8 Å². The fourth-order valence-electron chi connectivity index (χ4n) is 3.83. The Kier molecular flexibility index (Phi) is 7.89. The van der Waals surface area contributed by atoms with Crippen molar-refractivity contribution in [3.8, 4) is 0 Å². The fourth-order valence-corrected chi connectivity index (χ4v) is 4.99. The number of piperidine rings is 1. The number of carbonyl (C=O) groups excluding carboxylic acids is 1. The second-order valence-electron chi connectivity index (χ2n) is 8.25. The highest BCUT2D eigenvalue weighted by molar-refractivity contribution is 7.92. The van der Waals surface area contributed by atoms with Crippen molar-refractivity contribution in [2.45, 2.75) is 53.0 Å². The molecule has 1 atom stereocenters. The summed E-state index contributed by atoms with van der Waals surface area (Å²) >= 11 is 0. The molecule has 158 valence electrons. The van der Waals surface area contributed by atoms with E-state index in [1.807, 2.05) is 19.9 Å². The topological polar surface area (TPSA) is 69.7 Å². The molecule has 6 nitrogen and oxygen atoms in total. The lowest BCUT2D eigenvalue weighted by Crippen LogP contribution is -2.48. The van der Waals surface area contributed by atoms with E-state index in [1.165, 1.54) is 17.1 Å². The number of hydrogen-bond donors (Lipinski definition) is 1. The molecular weight excluding hydrogens is 374 g/mol. The molecule has 2 rings (SSSR count). The van der Waals surface area contributed by atoms with Crippen LogP contribution in [-0.2, 0) is 14.8 Å². The van der Waals surface area contributed by atoms with Gasteiger partial charge in [0.25, 0.3) is 0 Å². The molecule has 0 radical (unpaired) electrons. The molecule has 1 fully saturated rings. The summed E-state index contributed by atoms with van der Waals surface area (Å²) < 4.78 is 26.0. The first kappa shape index (κ1) is 22.7. The van der Waals surface area contributed by atoms with Crippen molar-refractivity contribution in [2.24, 2.45) is 5.92 Å². The predicted molar refractivity (Wildman–Crippen MR) is 115 cm³/mol. The van der Waals surface area contributed by atoms with Crippen LogP contribution in [0.2, 0.25) is 0 Å². The second kappa shape index (κ2) is 9.74. The van der Waals surface area contributed by atoms with Crippen molar-refractivity contribution in [1.82, 2.24) is 10.2 Å². The maximum Gasteiger partial charge on any atom is 0.243 e. The number of aryl methyl sites for hydroxylation is 2. The maximum atomic E-state index is 12.6. The lowest BCUT2D eigenvalue weighted by Gasteiger charge is -2.30. The molecule has 0 unspecified atom stereocenters. The highest BCUT2D eigenvalue weighted by Gasteiger charge is 2.29. The first-order chi connectivity index (χ1) is 13.1. The normalized spacial score (nSPS) is 17.3. The molecular formula is C21H35N3O3S. The standard InChI is InChI=1S/C21H35N3O3S/c1-16-7-11-23(12-8-16)10-6-9-22-21(25)19(4)24(28(5,26)27)20-14-17(2)13-18(3)15-20/h13-16,19H,6-12H2,1-5H3,(H,22,25)/t19-/m1/s1. The largest absolute Gasteiger partial charge is 0.354 e. The number of benzene rings is 1. The third-order valence-corrected chi connectivity index (χ3v) is 6.62. The Balaban J connectivity index is 1.94. The number of sulfonamides is 1. The van der Waals surface area contributed by atoms with Crippen LogP contribution >= 0.6 is 0 Å². The SMILES string of the molecule is Cc1cc(C)cc(N([C@H](C)C(=O)NCCCN2CCC(C)CC2)S(C)(=O)=O)c1. The van der Waals surface area contributed by atoms with Crippen molar-refractivity contribution in [3.05, 3.63) is 29.3 Å². The number of rotatable bonds is 8. The van der Waals surface area contributed by atoms with E-state index >= 15 is 0 Å². The zero-order valence-electron chi connectivity index (χ0n) is 17.9. The summed E-state index contributed by atoms with van der Waals surface area (Å²) in [5, 5.41) is 2.91. The van der Waals surface area contributed by atoms with Gasteiger partial charge >= 0.3 is 0 Å². The molecule has 1 N–H and O–H groups in total. The van der Waals surface area contributed by atoms with E-state index in [-0.39, 0.29) is 5.91 Å². The van der Waals surface area contributed by atoms with Gasteiger partial charge in [-0.15, -0.1) is 0 Å². The van der Waals surface area contributed by atoms with E-state index in [0.29, 0.717) is 12.2 Å². The molecule has 1 heterocycles. The summed E-state index contributed by atoms with van der Waals surface area (Å²) in [5.41, 5.74) is 2.46. The lowest BCUT2D eigenvalue weighted by atomic mass is 9.99. The minimum atomic E-state index is -3.58. The van der Waals surface area contributed by atoms with Crippen LogP contribution in [0.3, 0.4) is 0 Å². The van der Waals surface area contributed by atoms with E-state index < -0.39 is 16.1 Å². The number of anilines is 1. The van der Waals surface area contributed by atoms with Crippen LogP contribution < -0.4 is 9.62 Å². The average Bonchev–Trinajstić information content (AvgIpc) is 2.58.